The molecular weight excluding hydrogens is 354 g/mol. The van der Waals surface area contributed by atoms with Gasteiger partial charge in [-0.15, -0.1) is 9.42 Å². The molecule has 13 heteroatoms. The Labute approximate surface area is 135 Å². The number of hydrogen-bond donors (Lipinski definition) is 3. The van der Waals surface area contributed by atoms with Gasteiger partial charge in [0.15, 0.2) is 6.10 Å². The molecule has 0 aromatic carbocycles. The molecule has 0 aliphatic carbocycles. The van der Waals surface area contributed by atoms with Crippen molar-refractivity contribution in [2.75, 3.05) is 40.5 Å². The molecule has 0 aliphatic rings. The first-order valence-electron chi connectivity index (χ1n) is 6.55. The predicted octanol–water partition coefficient (Wildman–Crippen LogP) is -0.393. The fourth-order valence-electron chi connectivity index (χ4n) is 1.09. The maximum atomic E-state index is 11.6. The topological polar surface area (TPSA) is 158 Å². The van der Waals surface area contributed by atoms with Crippen LogP contribution in [0.3, 0.4) is 0 Å². The van der Waals surface area contributed by atoms with Crippen molar-refractivity contribution in [3.8, 4) is 0 Å². The van der Waals surface area contributed by atoms with E-state index in [4.69, 9.17) is 19.9 Å². The first-order chi connectivity index (χ1) is 10.5. The zero-order valence-electron chi connectivity index (χ0n) is 13.2. The lowest BCUT2D eigenvalue weighted by Gasteiger charge is -2.19. The second kappa shape index (κ2) is 11.1. The normalized spacial score (nSPS) is 17.4. The van der Waals surface area contributed by atoms with Crippen LogP contribution >= 0.6 is 16.1 Å². The van der Waals surface area contributed by atoms with Crippen molar-refractivity contribution in [3.05, 3.63) is 0 Å². The minimum absolute atomic E-state index is 0.0515. The van der Waals surface area contributed by atoms with E-state index in [9.17, 15) is 18.8 Å². The third-order valence-corrected chi connectivity index (χ3v) is 3.60. The molecule has 0 spiro atoms. The number of rotatable bonds is 12. The molecular formula is C10H23N2O9P2+. The molecule has 0 amide bonds. The number of likely N-dealkylation sites (N-methyl/N-ethyl adjacent to an activating group) is 1. The second-order valence-corrected chi connectivity index (χ2v) is 6.97. The van der Waals surface area contributed by atoms with Crippen molar-refractivity contribution < 1.29 is 42.0 Å². The van der Waals surface area contributed by atoms with Gasteiger partial charge in [0.1, 0.15) is 12.6 Å². The van der Waals surface area contributed by atoms with Crippen LogP contribution < -0.4 is 5.73 Å². The molecule has 4 atom stereocenters. The van der Waals surface area contributed by atoms with Gasteiger partial charge in [0.05, 0.1) is 13.2 Å². The molecule has 0 radical (unpaired) electrons. The molecule has 0 aromatic rings. The Morgan fingerprint density at radius 3 is 2.43 bits per heavy atom. The first-order valence-corrected chi connectivity index (χ1v) is 9.18. The number of nitrogens with zero attached hydrogens (tertiary/aromatic N) is 1. The number of nitrogens with two attached hydrogens (primary N) is 1. The molecule has 0 bridgehead atoms. The smallest absolute Gasteiger partial charge is 0.456 e. The van der Waals surface area contributed by atoms with Crippen molar-refractivity contribution in [2.24, 2.45) is 5.73 Å². The van der Waals surface area contributed by atoms with Crippen LogP contribution in [-0.2, 0) is 32.2 Å². The number of hydrogen-bond acceptors (Lipinski definition) is 9. The van der Waals surface area contributed by atoms with E-state index in [0.717, 1.165) is 0 Å². The molecule has 0 aliphatic heterocycles. The number of carbonyl (C=O) groups excluding carboxylic acids is 1. The van der Waals surface area contributed by atoms with Crippen molar-refractivity contribution >= 4 is 22.0 Å². The summed E-state index contributed by atoms with van der Waals surface area (Å²) in [4.78, 5) is 31.2. The highest BCUT2D eigenvalue weighted by Crippen LogP contribution is 2.43. The molecule has 0 aromatic heterocycles. The predicted molar refractivity (Wildman–Crippen MR) is 79.6 cm³/mol. The molecule has 4 N–H and O–H groups in total. The van der Waals surface area contributed by atoms with Crippen LogP contribution in [-0.4, -0.2) is 73.3 Å². The van der Waals surface area contributed by atoms with E-state index in [2.05, 4.69) is 9.05 Å². The number of phosphoric acid groups is 1. The minimum Gasteiger partial charge on any atom is -0.456 e. The Balaban J connectivity index is 4.47. The summed E-state index contributed by atoms with van der Waals surface area (Å²) >= 11 is 0. The van der Waals surface area contributed by atoms with Crippen molar-refractivity contribution in [3.63, 3.8) is 0 Å². The average molecular weight is 377 g/mol. The van der Waals surface area contributed by atoms with Crippen LogP contribution in [0.15, 0.2) is 0 Å². The highest BCUT2D eigenvalue weighted by molar-refractivity contribution is 7.47. The van der Waals surface area contributed by atoms with Crippen LogP contribution in [0.4, 0.5) is 0 Å². The van der Waals surface area contributed by atoms with Gasteiger partial charge in [0, 0.05) is 11.1 Å². The minimum atomic E-state index is -4.36. The molecule has 0 saturated heterocycles. The van der Waals surface area contributed by atoms with E-state index in [-0.39, 0.29) is 6.61 Å². The fraction of sp³-hybridized carbons (Fsp3) is 0.900. The largest absolute Gasteiger partial charge is 0.694 e. The summed E-state index contributed by atoms with van der Waals surface area (Å²) in [6.45, 7) is 0.628. The molecule has 136 valence electrons. The maximum Gasteiger partial charge on any atom is 0.694 e. The zero-order chi connectivity index (χ0) is 18.0. The summed E-state index contributed by atoms with van der Waals surface area (Å²) in [6.07, 6.45) is -1.20. The number of esters is 1. The summed E-state index contributed by atoms with van der Waals surface area (Å²) in [5.41, 5.74) is 5.32. The molecule has 3 unspecified atom stereocenters. The van der Waals surface area contributed by atoms with Crippen LogP contribution in [0.1, 0.15) is 6.92 Å². The van der Waals surface area contributed by atoms with Gasteiger partial charge < -0.3 is 20.3 Å². The third kappa shape index (κ3) is 12.6. The third-order valence-electron chi connectivity index (χ3n) is 2.24. The van der Waals surface area contributed by atoms with Gasteiger partial charge in [-0.2, -0.15) is 0 Å². The van der Waals surface area contributed by atoms with Gasteiger partial charge >= 0.3 is 22.0 Å². The van der Waals surface area contributed by atoms with Crippen LogP contribution in [0, 0.1) is 0 Å². The zero-order valence-corrected chi connectivity index (χ0v) is 14.9. The number of carbonyl (C=O) groups is 1. The average Bonchev–Trinajstić information content (AvgIpc) is 2.40. The summed E-state index contributed by atoms with van der Waals surface area (Å²) < 4.78 is 40.8. The highest BCUT2D eigenvalue weighted by Gasteiger charge is 2.28. The van der Waals surface area contributed by atoms with Gasteiger partial charge in [-0.1, -0.05) is 0 Å². The molecule has 0 rings (SSSR count). The fourth-order valence-corrected chi connectivity index (χ4v) is 2.12. The van der Waals surface area contributed by atoms with E-state index in [0.29, 0.717) is 6.54 Å². The van der Waals surface area contributed by atoms with Crippen molar-refractivity contribution in [1.82, 2.24) is 4.90 Å². The summed E-state index contributed by atoms with van der Waals surface area (Å²) in [6, 6.07) is -0.947. The summed E-state index contributed by atoms with van der Waals surface area (Å²) in [5, 5.41) is 0. The van der Waals surface area contributed by atoms with E-state index < -0.39 is 47.4 Å². The SMILES string of the molecule is C[C@@H](N)C(=O)OC(CO[P+](=O)O)COP(=O)(O)OCCN(C)C. The monoisotopic (exact) mass is 377 g/mol. The summed E-state index contributed by atoms with van der Waals surface area (Å²) in [7, 11) is -3.78. The summed E-state index contributed by atoms with van der Waals surface area (Å²) in [5.74, 6) is -0.823. The quantitative estimate of drug-likeness (QED) is 0.300. The lowest BCUT2D eigenvalue weighted by molar-refractivity contribution is -0.153. The Kier molecular flexibility index (Phi) is 10.9. The Morgan fingerprint density at radius 2 is 1.96 bits per heavy atom. The Bertz CT molecular complexity index is 433. The number of phosphoric ester groups is 1. The molecule has 11 nitrogen and oxygen atoms in total. The highest BCUT2D eigenvalue weighted by atomic mass is 31.2. The Morgan fingerprint density at radius 1 is 1.35 bits per heavy atom. The maximum absolute atomic E-state index is 11.6. The van der Waals surface area contributed by atoms with Gasteiger partial charge in [0.25, 0.3) is 0 Å². The van der Waals surface area contributed by atoms with Crippen LogP contribution in [0.25, 0.3) is 0 Å². The first kappa shape index (κ1) is 22.5. The van der Waals surface area contributed by atoms with Gasteiger partial charge in [0.2, 0.25) is 0 Å². The second-order valence-electron chi connectivity index (χ2n) is 4.78. The van der Waals surface area contributed by atoms with Crippen molar-refractivity contribution in [2.45, 2.75) is 19.1 Å². The van der Waals surface area contributed by atoms with E-state index in [1.54, 1.807) is 19.0 Å². The molecule has 0 saturated carbocycles. The number of ether oxygens (including phenoxy) is 1. The lowest BCUT2D eigenvalue weighted by Crippen LogP contribution is -2.35. The van der Waals surface area contributed by atoms with Crippen LogP contribution in [0.2, 0.25) is 0 Å². The Hall–Kier alpha value is -0.480. The lowest BCUT2D eigenvalue weighted by atomic mass is 10.3. The van der Waals surface area contributed by atoms with Gasteiger partial charge in [-0.3, -0.25) is 13.8 Å². The van der Waals surface area contributed by atoms with Crippen molar-refractivity contribution in [1.29, 1.82) is 0 Å². The van der Waals surface area contributed by atoms with Gasteiger partial charge in [-0.25, -0.2) is 4.57 Å². The van der Waals surface area contributed by atoms with E-state index in [1.165, 1.54) is 6.92 Å². The van der Waals surface area contributed by atoms with E-state index in [1.807, 2.05) is 0 Å². The molecule has 0 fully saturated rings. The standard InChI is InChI=1S/C10H22N2O9P2/c1-8(11)10(13)21-9(6-18-22(14)15)7-20-23(16,17)19-5-4-12(2)3/h8-9H,4-7,11H2,1-3H3,(H-,14,15,16,17)/p+1/t8-,9?/m1/s1. The van der Waals surface area contributed by atoms with E-state index >= 15 is 0 Å². The van der Waals surface area contributed by atoms with Crippen LogP contribution in [0.5, 0.6) is 0 Å². The molecule has 0 heterocycles. The van der Waals surface area contributed by atoms with Gasteiger partial charge in [-0.05, 0) is 21.0 Å². The molecule has 23 heavy (non-hydrogen) atoms.